The molecule has 1 fully saturated rings. The van der Waals surface area contributed by atoms with Crippen molar-refractivity contribution in [2.75, 3.05) is 25.1 Å². The molecular formula is C16H26N2O. The molecule has 0 aliphatic carbocycles. The molecule has 1 aliphatic rings. The molecule has 0 bridgehead atoms. The average molecular weight is 262 g/mol. The minimum atomic E-state index is 0.139. The zero-order valence-corrected chi connectivity index (χ0v) is 12.6. The summed E-state index contributed by atoms with van der Waals surface area (Å²) in [6.07, 6.45) is 2.49. The maximum Gasteiger partial charge on any atom is 0.119 e. The van der Waals surface area contributed by atoms with Crippen molar-refractivity contribution in [3.8, 4) is 5.75 Å². The van der Waals surface area contributed by atoms with Crippen LogP contribution < -0.4 is 15.0 Å². The maximum absolute atomic E-state index is 5.51. The highest BCUT2D eigenvalue weighted by molar-refractivity contribution is 5.52. The monoisotopic (exact) mass is 262 g/mol. The van der Waals surface area contributed by atoms with E-state index in [0.29, 0.717) is 6.04 Å². The van der Waals surface area contributed by atoms with Gasteiger partial charge in [0.15, 0.2) is 0 Å². The summed E-state index contributed by atoms with van der Waals surface area (Å²) >= 11 is 0. The van der Waals surface area contributed by atoms with Gasteiger partial charge in [-0.2, -0.15) is 0 Å². The molecule has 1 aromatic carbocycles. The predicted octanol–water partition coefficient (Wildman–Crippen LogP) is 3.05. The van der Waals surface area contributed by atoms with Crippen LogP contribution in [0.3, 0.4) is 0 Å². The molecule has 1 saturated heterocycles. The lowest BCUT2D eigenvalue weighted by Gasteiger charge is -2.49. The Bertz CT molecular complexity index is 400. The van der Waals surface area contributed by atoms with Crippen LogP contribution in [0.4, 0.5) is 5.69 Å². The Kier molecular flexibility index (Phi) is 4.35. The molecule has 0 amide bonds. The molecule has 0 aromatic heterocycles. The van der Waals surface area contributed by atoms with Gasteiger partial charge in [-0.3, -0.25) is 0 Å². The van der Waals surface area contributed by atoms with Gasteiger partial charge in [0.1, 0.15) is 5.75 Å². The van der Waals surface area contributed by atoms with Crippen LogP contribution in [0.15, 0.2) is 24.3 Å². The van der Waals surface area contributed by atoms with Crippen molar-refractivity contribution in [1.82, 2.24) is 5.32 Å². The zero-order chi connectivity index (χ0) is 13.9. The third-order valence-electron chi connectivity index (χ3n) is 4.23. The Morgan fingerprint density at radius 2 is 2.00 bits per heavy atom. The summed E-state index contributed by atoms with van der Waals surface area (Å²) in [5, 5.41) is 3.46. The lowest BCUT2D eigenvalue weighted by molar-refractivity contribution is 0.275. The minimum Gasteiger partial charge on any atom is -0.494 e. The fraction of sp³-hybridized carbons (Fsp3) is 0.625. The second-order valence-electron chi connectivity index (χ2n) is 5.72. The van der Waals surface area contributed by atoms with Gasteiger partial charge in [-0.05, 0) is 64.9 Å². The van der Waals surface area contributed by atoms with Crippen LogP contribution in [-0.4, -0.2) is 31.8 Å². The van der Waals surface area contributed by atoms with Crippen LogP contribution >= 0.6 is 0 Å². The number of hydrogen-bond donors (Lipinski definition) is 1. The smallest absolute Gasteiger partial charge is 0.119 e. The Morgan fingerprint density at radius 3 is 2.58 bits per heavy atom. The lowest BCUT2D eigenvalue weighted by Crippen LogP contribution is -2.60. The number of piperidine rings is 1. The van der Waals surface area contributed by atoms with E-state index >= 15 is 0 Å². The van der Waals surface area contributed by atoms with Gasteiger partial charge in [-0.25, -0.2) is 0 Å². The first kappa shape index (κ1) is 14.2. The van der Waals surface area contributed by atoms with E-state index in [1.165, 1.54) is 18.5 Å². The van der Waals surface area contributed by atoms with E-state index in [-0.39, 0.29) is 5.54 Å². The minimum absolute atomic E-state index is 0.139. The second kappa shape index (κ2) is 5.83. The van der Waals surface area contributed by atoms with Gasteiger partial charge in [0.25, 0.3) is 0 Å². The second-order valence-corrected chi connectivity index (χ2v) is 5.72. The number of hydrogen-bond acceptors (Lipinski definition) is 3. The quantitative estimate of drug-likeness (QED) is 0.902. The fourth-order valence-electron chi connectivity index (χ4n) is 3.13. The van der Waals surface area contributed by atoms with Crippen molar-refractivity contribution in [2.24, 2.45) is 0 Å². The number of nitrogens with one attached hydrogen (secondary N) is 1. The number of ether oxygens (including phenoxy) is 1. The van der Waals surface area contributed by atoms with Crippen LogP contribution in [0.5, 0.6) is 5.75 Å². The number of likely N-dealkylation sites (N-methyl/N-ethyl adjacent to an activating group) is 1. The lowest BCUT2D eigenvalue weighted by atomic mass is 9.84. The average Bonchev–Trinajstić information content (AvgIpc) is 2.40. The first-order valence-electron chi connectivity index (χ1n) is 7.27. The van der Waals surface area contributed by atoms with Gasteiger partial charge < -0.3 is 15.0 Å². The van der Waals surface area contributed by atoms with Crippen LogP contribution in [0.2, 0.25) is 0 Å². The largest absolute Gasteiger partial charge is 0.494 e. The van der Waals surface area contributed by atoms with Gasteiger partial charge in [0.05, 0.1) is 6.61 Å². The van der Waals surface area contributed by atoms with Crippen molar-refractivity contribution in [2.45, 2.75) is 45.2 Å². The number of rotatable bonds is 4. The summed E-state index contributed by atoms with van der Waals surface area (Å²) < 4.78 is 5.51. The Hall–Kier alpha value is -1.22. The normalized spacial score (nSPS) is 22.3. The molecule has 1 N–H and O–H groups in total. The molecule has 1 unspecified atom stereocenters. The fourth-order valence-corrected chi connectivity index (χ4v) is 3.13. The molecular weight excluding hydrogens is 236 g/mol. The molecule has 1 aromatic rings. The maximum atomic E-state index is 5.51. The predicted molar refractivity (Wildman–Crippen MR) is 81.1 cm³/mol. The molecule has 1 atom stereocenters. The summed E-state index contributed by atoms with van der Waals surface area (Å²) in [4.78, 5) is 2.51. The van der Waals surface area contributed by atoms with Gasteiger partial charge >= 0.3 is 0 Å². The van der Waals surface area contributed by atoms with Crippen molar-refractivity contribution in [3.63, 3.8) is 0 Å². The number of anilines is 1. The highest BCUT2D eigenvalue weighted by Gasteiger charge is 2.37. The van der Waals surface area contributed by atoms with Gasteiger partial charge in [0, 0.05) is 23.8 Å². The van der Waals surface area contributed by atoms with Crippen molar-refractivity contribution in [1.29, 1.82) is 0 Å². The summed E-state index contributed by atoms with van der Waals surface area (Å²) in [5.41, 5.74) is 1.42. The van der Waals surface area contributed by atoms with Gasteiger partial charge in [-0.1, -0.05) is 0 Å². The highest BCUT2D eigenvalue weighted by atomic mass is 16.5. The molecule has 3 heteroatoms. The number of nitrogens with zero attached hydrogens (tertiary/aromatic N) is 1. The van der Waals surface area contributed by atoms with E-state index in [1.807, 2.05) is 6.92 Å². The van der Waals surface area contributed by atoms with Crippen LogP contribution in [0.1, 0.15) is 33.6 Å². The van der Waals surface area contributed by atoms with Crippen molar-refractivity contribution in [3.05, 3.63) is 24.3 Å². The van der Waals surface area contributed by atoms with Gasteiger partial charge in [-0.15, -0.1) is 0 Å². The summed E-state index contributed by atoms with van der Waals surface area (Å²) in [7, 11) is 2.06. The van der Waals surface area contributed by atoms with Crippen LogP contribution in [0, 0.1) is 0 Å². The molecule has 0 radical (unpaired) electrons. The molecule has 19 heavy (non-hydrogen) atoms. The summed E-state index contributed by atoms with van der Waals surface area (Å²) in [5.74, 6) is 0.950. The third kappa shape index (κ3) is 2.86. The topological polar surface area (TPSA) is 24.5 Å². The van der Waals surface area contributed by atoms with E-state index in [4.69, 9.17) is 4.74 Å². The molecule has 1 aliphatic heterocycles. The van der Waals surface area contributed by atoms with Crippen molar-refractivity contribution < 1.29 is 4.74 Å². The van der Waals surface area contributed by atoms with E-state index in [2.05, 4.69) is 55.4 Å². The molecule has 0 spiro atoms. The van der Waals surface area contributed by atoms with Crippen molar-refractivity contribution >= 4 is 5.69 Å². The molecule has 3 nitrogen and oxygen atoms in total. The van der Waals surface area contributed by atoms with Crippen LogP contribution in [-0.2, 0) is 0 Å². The summed E-state index contributed by atoms with van der Waals surface area (Å²) in [6, 6.07) is 9.01. The standard InChI is InChI=1S/C16H26N2O/c1-5-19-14-10-8-13(9-11-14)18-12-6-7-15(17-4)16(18,2)3/h8-11,15,17H,5-7,12H2,1-4H3. The first-order chi connectivity index (χ1) is 9.09. The SMILES string of the molecule is CCOc1ccc(N2CCCC(NC)C2(C)C)cc1. The van der Waals surface area contributed by atoms with Gasteiger partial charge in [0.2, 0.25) is 0 Å². The molecule has 1 heterocycles. The van der Waals surface area contributed by atoms with E-state index < -0.39 is 0 Å². The Morgan fingerprint density at radius 1 is 1.32 bits per heavy atom. The van der Waals surface area contributed by atoms with E-state index in [9.17, 15) is 0 Å². The molecule has 0 saturated carbocycles. The zero-order valence-electron chi connectivity index (χ0n) is 12.6. The van der Waals surface area contributed by atoms with E-state index in [0.717, 1.165) is 18.9 Å². The Labute approximate surface area is 116 Å². The van der Waals surface area contributed by atoms with Crippen LogP contribution in [0.25, 0.3) is 0 Å². The van der Waals surface area contributed by atoms with E-state index in [1.54, 1.807) is 0 Å². The first-order valence-corrected chi connectivity index (χ1v) is 7.27. The number of benzene rings is 1. The molecule has 2 rings (SSSR count). The highest BCUT2D eigenvalue weighted by Crippen LogP contribution is 2.33. The molecule has 106 valence electrons. The summed E-state index contributed by atoms with van der Waals surface area (Å²) in [6.45, 7) is 8.50. The Balaban J connectivity index is 2.19. The third-order valence-corrected chi connectivity index (χ3v) is 4.23.